The number of primary amides is 1. The summed E-state index contributed by atoms with van der Waals surface area (Å²) in [6.45, 7) is 3.72. The summed E-state index contributed by atoms with van der Waals surface area (Å²) in [4.78, 5) is 25.3. The number of rotatable bonds is 6. The Bertz CT molecular complexity index is 336. The number of amides is 2. The normalized spacial score (nSPS) is 22.5. The van der Waals surface area contributed by atoms with Crippen LogP contribution in [0.4, 0.5) is 0 Å². The summed E-state index contributed by atoms with van der Waals surface area (Å²) >= 11 is 0. The van der Waals surface area contributed by atoms with Gasteiger partial charge in [-0.1, -0.05) is 6.42 Å². The molecule has 0 radical (unpaired) electrons. The van der Waals surface area contributed by atoms with E-state index < -0.39 is 11.4 Å². The molecule has 0 aliphatic carbocycles. The Morgan fingerprint density at radius 2 is 1.89 bits per heavy atom. The predicted octanol–water partition coefficient (Wildman–Crippen LogP) is -0.377. The maximum absolute atomic E-state index is 11.9. The van der Waals surface area contributed by atoms with Gasteiger partial charge in [0.25, 0.3) is 0 Å². The third kappa shape index (κ3) is 4.18. The first-order valence-electron chi connectivity index (χ1n) is 6.99. The van der Waals surface area contributed by atoms with Crippen LogP contribution in [0.25, 0.3) is 0 Å². The first kappa shape index (κ1) is 14.3. The van der Waals surface area contributed by atoms with Crippen molar-refractivity contribution >= 4 is 11.8 Å². The van der Waals surface area contributed by atoms with Gasteiger partial charge in [-0.2, -0.15) is 0 Å². The van der Waals surface area contributed by atoms with Crippen molar-refractivity contribution in [3.63, 3.8) is 0 Å². The van der Waals surface area contributed by atoms with E-state index >= 15 is 0 Å². The van der Waals surface area contributed by atoms with Gasteiger partial charge in [0.15, 0.2) is 0 Å². The van der Waals surface area contributed by atoms with Gasteiger partial charge in [-0.05, 0) is 25.9 Å². The Kier molecular flexibility index (Phi) is 4.76. The second-order valence-electron chi connectivity index (χ2n) is 5.62. The van der Waals surface area contributed by atoms with Gasteiger partial charge in [0.2, 0.25) is 11.8 Å². The highest BCUT2D eigenvalue weighted by atomic mass is 16.5. The van der Waals surface area contributed by atoms with Gasteiger partial charge < -0.3 is 20.7 Å². The highest BCUT2D eigenvalue weighted by Crippen LogP contribution is 2.21. The van der Waals surface area contributed by atoms with Gasteiger partial charge in [-0.15, -0.1) is 0 Å². The van der Waals surface area contributed by atoms with E-state index in [4.69, 9.17) is 10.5 Å². The van der Waals surface area contributed by atoms with Crippen molar-refractivity contribution in [2.45, 2.75) is 37.6 Å². The Labute approximate surface area is 113 Å². The lowest BCUT2D eigenvalue weighted by atomic mass is 9.92. The molecule has 19 heavy (non-hydrogen) atoms. The molecule has 2 fully saturated rings. The molecule has 0 aromatic rings. The first-order valence-corrected chi connectivity index (χ1v) is 6.99. The van der Waals surface area contributed by atoms with Crippen molar-refractivity contribution in [3.05, 3.63) is 0 Å². The number of piperidine rings is 1. The molecule has 0 aromatic heterocycles. The third-order valence-corrected chi connectivity index (χ3v) is 3.78. The molecular formula is C13H23N3O3. The molecule has 0 unspecified atom stereocenters. The fourth-order valence-corrected chi connectivity index (χ4v) is 2.70. The number of ether oxygens (including phenoxy) is 1. The van der Waals surface area contributed by atoms with Crippen LogP contribution in [0.3, 0.4) is 0 Å². The second-order valence-corrected chi connectivity index (χ2v) is 5.62. The van der Waals surface area contributed by atoms with Crippen LogP contribution >= 0.6 is 0 Å². The van der Waals surface area contributed by atoms with E-state index in [1.807, 2.05) is 0 Å². The maximum atomic E-state index is 11.9. The number of carbonyl (C=O) groups is 2. The zero-order chi connectivity index (χ0) is 13.7. The van der Waals surface area contributed by atoms with E-state index in [1.54, 1.807) is 0 Å². The molecule has 0 saturated carbocycles. The van der Waals surface area contributed by atoms with E-state index in [9.17, 15) is 9.59 Å². The van der Waals surface area contributed by atoms with Gasteiger partial charge in [0.1, 0.15) is 0 Å². The highest BCUT2D eigenvalue weighted by molar-refractivity contribution is 5.80. The van der Waals surface area contributed by atoms with E-state index in [0.29, 0.717) is 19.6 Å². The summed E-state index contributed by atoms with van der Waals surface area (Å²) in [5.41, 5.74) is 4.65. The topological polar surface area (TPSA) is 84.7 Å². The van der Waals surface area contributed by atoms with E-state index in [2.05, 4.69) is 10.2 Å². The molecule has 108 valence electrons. The molecule has 2 aliphatic heterocycles. The van der Waals surface area contributed by atoms with Gasteiger partial charge >= 0.3 is 0 Å². The number of likely N-dealkylation sites (tertiary alicyclic amines) is 1. The van der Waals surface area contributed by atoms with Crippen LogP contribution in [-0.2, 0) is 14.3 Å². The Morgan fingerprint density at radius 3 is 2.42 bits per heavy atom. The zero-order valence-corrected chi connectivity index (χ0v) is 11.3. The molecule has 0 bridgehead atoms. The molecule has 2 heterocycles. The lowest BCUT2D eigenvalue weighted by molar-refractivity contribution is -0.138. The molecule has 2 aliphatic rings. The van der Waals surface area contributed by atoms with Crippen molar-refractivity contribution in [2.24, 2.45) is 5.73 Å². The molecule has 2 saturated heterocycles. The summed E-state index contributed by atoms with van der Waals surface area (Å²) in [5, 5.41) is 2.91. The molecule has 0 spiro atoms. The summed E-state index contributed by atoms with van der Waals surface area (Å²) < 4.78 is 5.10. The first-order chi connectivity index (χ1) is 9.10. The third-order valence-electron chi connectivity index (χ3n) is 3.78. The molecule has 6 heteroatoms. The zero-order valence-electron chi connectivity index (χ0n) is 11.3. The predicted molar refractivity (Wildman–Crippen MR) is 70.4 cm³/mol. The standard InChI is InChI=1S/C13H23N3O3/c14-11(17)8-13(9-19-10-13)15-12(18)4-7-16-5-2-1-3-6-16/h1-10H2,(H2,14,17)(H,15,18). The maximum Gasteiger partial charge on any atom is 0.221 e. The average molecular weight is 269 g/mol. The molecular weight excluding hydrogens is 246 g/mol. The van der Waals surface area contributed by atoms with E-state index in [0.717, 1.165) is 19.6 Å². The summed E-state index contributed by atoms with van der Waals surface area (Å²) in [6.07, 6.45) is 4.37. The van der Waals surface area contributed by atoms with Gasteiger partial charge in [-0.25, -0.2) is 0 Å². The van der Waals surface area contributed by atoms with Crippen LogP contribution in [0.1, 0.15) is 32.1 Å². The summed E-state index contributed by atoms with van der Waals surface area (Å²) in [7, 11) is 0. The smallest absolute Gasteiger partial charge is 0.221 e. The van der Waals surface area contributed by atoms with Crippen LogP contribution < -0.4 is 11.1 Å². The van der Waals surface area contributed by atoms with Crippen LogP contribution in [0.5, 0.6) is 0 Å². The minimum atomic E-state index is -0.551. The van der Waals surface area contributed by atoms with Crippen molar-refractivity contribution in [1.29, 1.82) is 0 Å². The Hall–Kier alpha value is -1.14. The minimum absolute atomic E-state index is 0.0184. The van der Waals surface area contributed by atoms with Crippen molar-refractivity contribution in [2.75, 3.05) is 32.8 Å². The molecule has 0 aromatic carbocycles. The fourth-order valence-electron chi connectivity index (χ4n) is 2.70. The number of nitrogens with one attached hydrogen (secondary N) is 1. The summed E-state index contributed by atoms with van der Waals surface area (Å²) in [6, 6.07) is 0. The monoisotopic (exact) mass is 269 g/mol. The second kappa shape index (κ2) is 6.34. The van der Waals surface area contributed by atoms with Gasteiger partial charge in [-0.3, -0.25) is 9.59 Å². The lowest BCUT2D eigenvalue weighted by Gasteiger charge is -2.41. The molecule has 6 nitrogen and oxygen atoms in total. The SMILES string of the molecule is NC(=O)CC1(NC(=O)CCN2CCCCC2)COC1. The Morgan fingerprint density at radius 1 is 1.21 bits per heavy atom. The van der Waals surface area contributed by atoms with Crippen LogP contribution in [0.15, 0.2) is 0 Å². The van der Waals surface area contributed by atoms with Crippen LogP contribution in [0, 0.1) is 0 Å². The number of hydrogen-bond acceptors (Lipinski definition) is 4. The quantitative estimate of drug-likeness (QED) is 0.688. The summed E-state index contributed by atoms with van der Waals surface area (Å²) in [5.74, 6) is -0.422. The minimum Gasteiger partial charge on any atom is -0.376 e. The number of nitrogens with two attached hydrogens (primary N) is 1. The largest absolute Gasteiger partial charge is 0.376 e. The van der Waals surface area contributed by atoms with Crippen molar-refractivity contribution < 1.29 is 14.3 Å². The fraction of sp³-hybridized carbons (Fsp3) is 0.846. The highest BCUT2D eigenvalue weighted by Gasteiger charge is 2.41. The average Bonchev–Trinajstić information content (AvgIpc) is 2.34. The molecule has 2 amide bonds. The van der Waals surface area contributed by atoms with Gasteiger partial charge in [0, 0.05) is 13.0 Å². The number of carbonyl (C=O) groups excluding carboxylic acids is 2. The molecule has 0 atom stereocenters. The van der Waals surface area contributed by atoms with Crippen LogP contribution in [0.2, 0.25) is 0 Å². The number of nitrogens with zero attached hydrogens (tertiary/aromatic N) is 1. The lowest BCUT2D eigenvalue weighted by Crippen LogP contribution is -2.63. The Balaban J connectivity index is 1.72. The van der Waals surface area contributed by atoms with E-state index in [1.165, 1.54) is 19.3 Å². The van der Waals surface area contributed by atoms with Crippen LogP contribution in [-0.4, -0.2) is 55.1 Å². The van der Waals surface area contributed by atoms with E-state index in [-0.39, 0.29) is 12.3 Å². The van der Waals surface area contributed by atoms with Crippen molar-refractivity contribution in [3.8, 4) is 0 Å². The number of hydrogen-bond donors (Lipinski definition) is 2. The van der Waals surface area contributed by atoms with Gasteiger partial charge in [0.05, 0.1) is 25.2 Å². The molecule has 2 rings (SSSR count). The molecule has 3 N–H and O–H groups in total. The van der Waals surface area contributed by atoms with Crippen molar-refractivity contribution in [1.82, 2.24) is 10.2 Å².